The number of nitrogens with zero attached hydrogens (tertiary/aromatic N) is 1. The van der Waals surface area contributed by atoms with Crippen LogP contribution in [0, 0.1) is 13.8 Å². The molecule has 1 aliphatic heterocycles. The van der Waals surface area contributed by atoms with E-state index in [1.807, 2.05) is 30.9 Å². The van der Waals surface area contributed by atoms with Crippen LogP contribution in [0.15, 0.2) is 12.1 Å². The topological polar surface area (TPSA) is 46.3 Å². The SMILES string of the molecule is Cc1cc(N)cc(C)c1C(=O)N1CCCC1. The summed E-state index contributed by atoms with van der Waals surface area (Å²) in [6.07, 6.45) is 2.25. The molecule has 1 heterocycles. The van der Waals surface area contributed by atoms with E-state index in [9.17, 15) is 4.79 Å². The lowest BCUT2D eigenvalue weighted by atomic mass is 10.0. The molecule has 2 rings (SSSR count). The van der Waals surface area contributed by atoms with E-state index in [-0.39, 0.29) is 5.91 Å². The summed E-state index contributed by atoms with van der Waals surface area (Å²) in [6.45, 7) is 5.68. The predicted octanol–water partition coefficient (Wildman–Crippen LogP) is 2.12. The normalized spacial score (nSPS) is 15.5. The predicted molar refractivity (Wildman–Crippen MR) is 65.5 cm³/mol. The molecule has 0 unspecified atom stereocenters. The molecular weight excluding hydrogens is 200 g/mol. The van der Waals surface area contributed by atoms with Crippen LogP contribution < -0.4 is 5.73 Å². The van der Waals surface area contributed by atoms with Crippen molar-refractivity contribution in [3.8, 4) is 0 Å². The zero-order chi connectivity index (χ0) is 11.7. The molecule has 0 aromatic heterocycles. The summed E-state index contributed by atoms with van der Waals surface area (Å²) in [5.41, 5.74) is 9.28. The minimum atomic E-state index is 0.160. The number of benzene rings is 1. The molecule has 1 saturated heterocycles. The van der Waals surface area contributed by atoms with Gasteiger partial charge in [-0.3, -0.25) is 4.79 Å². The molecule has 0 aliphatic carbocycles. The maximum absolute atomic E-state index is 12.3. The fourth-order valence-corrected chi connectivity index (χ4v) is 2.41. The van der Waals surface area contributed by atoms with Gasteiger partial charge in [0.15, 0.2) is 0 Å². The first-order valence-electron chi connectivity index (χ1n) is 5.75. The molecule has 2 N–H and O–H groups in total. The summed E-state index contributed by atoms with van der Waals surface area (Å²) in [7, 11) is 0. The van der Waals surface area contributed by atoms with Gasteiger partial charge in [0.1, 0.15) is 0 Å². The number of carbonyl (C=O) groups excluding carboxylic acids is 1. The van der Waals surface area contributed by atoms with E-state index in [1.54, 1.807) is 0 Å². The van der Waals surface area contributed by atoms with Crippen molar-refractivity contribution < 1.29 is 4.79 Å². The molecule has 3 heteroatoms. The average molecular weight is 218 g/mol. The van der Waals surface area contributed by atoms with E-state index in [1.165, 1.54) is 0 Å². The lowest BCUT2D eigenvalue weighted by Crippen LogP contribution is -2.29. The molecule has 1 amide bonds. The van der Waals surface area contributed by atoms with Crippen molar-refractivity contribution >= 4 is 11.6 Å². The second-order valence-electron chi connectivity index (χ2n) is 4.53. The third-order valence-corrected chi connectivity index (χ3v) is 3.16. The molecule has 1 aromatic carbocycles. The van der Waals surface area contributed by atoms with Crippen LogP contribution in [0.3, 0.4) is 0 Å². The lowest BCUT2D eigenvalue weighted by molar-refractivity contribution is 0.0791. The van der Waals surface area contributed by atoms with E-state index in [2.05, 4.69) is 0 Å². The zero-order valence-corrected chi connectivity index (χ0v) is 9.92. The number of nitrogens with two attached hydrogens (primary N) is 1. The summed E-state index contributed by atoms with van der Waals surface area (Å²) >= 11 is 0. The monoisotopic (exact) mass is 218 g/mol. The van der Waals surface area contributed by atoms with Gasteiger partial charge in [-0.15, -0.1) is 0 Å². The van der Waals surface area contributed by atoms with Gasteiger partial charge in [-0.05, 0) is 49.9 Å². The molecular formula is C13H18N2O. The van der Waals surface area contributed by atoms with Crippen molar-refractivity contribution in [1.82, 2.24) is 4.90 Å². The first-order chi connectivity index (χ1) is 7.59. The maximum Gasteiger partial charge on any atom is 0.254 e. The first-order valence-corrected chi connectivity index (χ1v) is 5.75. The van der Waals surface area contributed by atoms with Gasteiger partial charge < -0.3 is 10.6 Å². The summed E-state index contributed by atoms with van der Waals surface area (Å²) in [4.78, 5) is 14.2. The highest BCUT2D eigenvalue weighted by molar-refractivity contribution is 5.97. The Morgan fingerprint density at radius 2 is 1.69 bits per heavy atom. The number of rotatable bonds is 1. The highest BCUT2D eigenvalue weighted by atomic mass is 16.2. The lowest BCUT2D eigenvalue weighted by Gasteiger charge is -2.18. The van der Waals surface area contributed by atoms with Gasteiger partial charge in [-0.2, -0.15) is 0 Å². The van der Waals surface area contributed by atoms with Crippen molar-refractivity contribution in [2.45, 2.75) is 26.7 Å². The second-order valence-corrected chi connectivity index (χ2v) is 4.53. The molecule has 0 atom stereocenters. The number of likely N-dealkylation sites (tertiary alicyclic amines) is 1. The first kappa shape index (κ1) is 11.0. The van der Waals surface area contributed by atoms with Gasteiger partial charge >= 0.3 is 0 Å². The van der Waals surface area contributed by atoms with E-state index < -0.39 is 0 Å². The van der Waals surface area contributed by atoms with Crippen LogP contribution in [0.2, 0.25) is 0 Å². The number of aryl methyl sites for hydroxylation is 2. The average Bonchev–Trinajstić information content (AvgIpc) is 2.67. The smallest absolute Gasteiger partial charge is 0.254 e. The third-order valence-electron chi connectivity index (χ3n) is 3.16. The van der Waals surface area contributed by atoms with E-state index >= 15 is 0 Å². The van der Waals surface area contributed by atoms with Crippen LogP contribution in [0.5, 0.6) is 0 Å². The largest absolute Gasteiger partial charge is 0.399 e. The molecule has 0 radical (unpaired) electrons. The Balaban J connectivity index is 2.35. The molecule has 3 nitrogen and oxygen atoms in total. The Morgan fingerprint density at radius 3 is 2.19 bits per heavy atom. The number of hydrogen-bond acceptors (Lipinski definition) is 2. The van der Waals surface area contributed by atoms with E-state index in [0.717, 1.165) is 48.3 Å². The van der Waals surface area contributed by atoms with Crippen LogP contribution in [0.4, 0.5) is 5.69 Å². The van der Waals surface area contributed by atoms with Gasteiger partial charge in [0.25, 0.3) is 5.91 Å². The summed E-state index contributed by atoms with van der Waals surface area (Å²) in [6, 6.07) is 3.74. The molecule has 86 valence electrons. The van der Waals surface area contributed by atoms with Gasteiger partial charge in [0.2, 0.25) is 0 Å². The fraction of sp³-hybridized carbons (Fsp3) is 0.462. The zero-order valence-electron chi connectivity index (χ0n) is 9.92. The molecule has 1 aliphatic rings. The second kappa shape index (κ2) is 4.16. The molecule has 1 fully saturated rings. The number of anilines is 1. The Hall–Kier alpha value is -1.51. The molecule has 0 saturated carbocycles. The van der Waals surface area contributed by atoms with Gasteiger partial charge in [0.05, 0.1) is 0 Å². The Bertz CT molecular complexity index is 397. The fourth-order valence-electron chi connectivity index (χ4n) is 2.41. The number of hydrogen-bond donors (Lipinski definition) is 1. The highest BCUT2D eigenvalue weighted by Gasteiger charge is 2.22. The standard InChI is InChI=1S/C13H18N2O/c1-9-7-11(14)8-10(2)12(9)13(16)15-5-3-4-6-15/h7-8H,3-6,14H2,1-2H3. The van der Waals surface area contributed by atoms with Crippen LogP contribution in [-0.4, -0.2) is 23.9 Å². The van der Waals surface area contributed by atoms with Crippen LogP contribution >= 0.6 is 0 Å². The van der Waals surface area contributed by atoms with Crippen molar-refractivity contribution in [2.24, 2.45) is 0 Å². The van der Waals surface area contributed by atoms with E-state index in [0.29, 0.717) is 0 Å². The molecule has 16 heavy (non-hydrogen) atoms. The van der Waals surface area contributed by atoms with Gasteiger partial charge in [0, 0.05) is 24.3 Å². The molecule has 0 bridgehead atoms. The summed E-state index contributed by atoms with van der Waals surface area (Å²) < 4.78 is 0. The summed E-state index contributed by atoms with van der Waals surface area (Å²) in [5, 5.41) is 0. The van der Waals surface area contributed by atoms with Crippen LogP contribution in [-0.2, 0) is 0 Å². The van der Waals surface area contributed by atoms with Crippen LogP contribution in [0.25, 0.3) is 0 Å². The van der Waals surface area contributed by atoms with E-state index in [4.69, 9.17) is 5.73 Å². The molecule has 1 aromatic rings. The van der Waals surface area contributed by atoms with Crippen molar-refractivity contribution in [1.29, 1.82) is 0 Å². The maximum atomic E-state index is 12.3. The Kier molecular flexibility index (Phi) is 2.86. The Morgan fingerprint density at radius 1 is 1.19 bits per heavy atom. The number of carbonyl (C=O) groups is 1. The van der Waals surface area contributed by atoms with Crippen LogP contribution in [0.1, 0.15) is 34.3 Å². The summed E-state index contributed by atoms with van der Waals surface area (Å²) in [5.74, 6) is 0.160. The Labute approximate surface area is 96.2 Å². The number of nitrogen functional groups attached to an aromatic ring is 1. The highest BCUT2D eigenvalue weighted by Crippen LogP contribution is 2.21. The minimum absolute atomic E-state index is 0.160. The van der Waals surface area contributed by atoms with Gasteiger partial charge in [-0.25, -0.2) is 0 Å². The third kappa shape index (κ3) is 1.90. The van der Waals surface area contributed by atoms with Crippen molar-refractivity contribution in [3.05, 3.63) is 28.8 Å². The quantitative estimate of drug-likeness (QED) is 0.734. The minimum Gasteiger partial charge on any atom is -0.399 e. The van der Waals surface area contributed by atoms with Crippen molar-refractivity contribution in [3.63, 3.8) is 0 Å². The van der Waals surface area contributed by atoms with Crippen molar-refractivity contribution in [2.75, 3.05) is 18.8 Å². The number of amides is 1. The van der Waals surface area contributed by atoms with Gasteiger partial charge in [-0.1, -0.05) is 0 Å². The molecule has 0 spiro atoms.